The highest BCUT2D eigenvalue weighted by atomic mass is 16.7. The minimum absolute atomic E-state index is 0.00713. The number of ketones is 2. The summed E-state index contributed by atoms with van der Waals surface area (Å²) in [6.45, 7) is 5.67. The molecular formula is C31H37NO7. The summed E-state index contributed by atoms with van der Waals surface area (Å²) in [5.74, 6) is -0.824. The zero-order valence-corrected chi connectivity index (χ0v) is 22.9. The summed E-state index contributed by atoms with van der Waals surface area (Å²) in [5, 5.41) is 11.8. The first-order chi connectivity index (χ1) is 18.6. The van der Waals surface area contributed by atoms with E-state index < -0.39 is 41.6 Å². The van der Waals surface area contributed by atoms with Gasteiger partial charge in [-0.25, -0.2) is 4.79 Å². The number of nitrogens with zero attached hydrogens (tertiary/aromatic N) is 1. The Hall–Kier alpha value is -2.68. The Morgan fingerprint density at radius 1 is 1.15 bits per heavy atom. The molecule has 2 bridgehead atoms. The molecule has 2 heterocycles. The fraction of sp³-hybridized carbons (Fsp3) is 0.613. The number of esters is 1. The third-order valence-corrected chi connectivity index (χ3v) is 10.9. The fourth-order valence-electron chi connectivity index (χ4n) is 9.06. The van der Waals surface area contributed by atoms with Crippen LogP contribution in [0, 0.1) is 22.7 Å². The number of hydrogen-bond donors (Lipinski definition) is 1. The van der Waals surface area contributed by atoms with E-state index in [1.54, 1.807) is 12.1 Å². The molecular weight excluding hydrogens is 498 g/mol. The number of carbonyl (C=O) groups excluding carboxylic acids is 3. The minimum atomic E-state index is -1.26. The second-order valence-electron chi connectivity index (χ2n) is 12.4. The van der Waals surface area contributed by atoms with Crippen LogP contribution in [0.2, 0.25) is 0 Å². The van der Waals surface area contributed by atoms with Gasteiger partial charge in [0.1, 0.15) is 5.60 Å². The highest BCUT2D eigenvalue weighted by Crippen LogP contribution is 2.73. The average molecular weight is 536 g/mol. The number of fused-ring (bicyclic) bond motifs is 3. The summed E-state index contributed by atoms with van der Waals surface area (Å²) < 4.78 is 18.9. The Kier molecular flexibility index (Phi) is 6.25. The summed E-state index contributed by atoms with van der Waals surface area (Å²) in [5.41, 5.74) is -1.61. The first kappa shape index (κ1) is 26.5. The molecule has 0 spiro atoms. The molecule has 8 atom stereocenters. The van der Waals surface area contributed by atoms with Crippen molar-refractivity contribution < 1.29 is 33.7 Å². The van der Waals surface area contributed by atoms with Crippen molar-refractivity contribution in [2.24, 2.45) is 22.7 Å². The second kappa shape index (κ2) is 9.18. The summed E-state index contributed by atoms with van der Waals surface area (Å²) in [4.78, 5) is 42.9. The molecule has 0 amide bonds. The molecule has 1 N–H and O–H groups in total. The van der Waals surface area contributed by atoms with Gasteiger partial charge in [-0.2, -0.15) is 0 Å². The molecule has 208 valence electrons. The molecule has 0 radical (unpaired) electrons. The number of ether oxygens (including phenoxy) is 3. The van der Waals surface area contributed by atoms with Crippen LogP contribution in [-0.4, -0.2) is 57.8 Å². The van der Waals surface area contributed by atoms with Crippen LogP contribution >= 0.6 is 0 Å². The maximum atomic E-state index is 14.1. The lowest BCUT2D eigenvalue weighted by Crippen LogP contribution is -2.74. The Balaban J connectivity index is 1.37. The lowest BCUT2D eigenvalue weighted by molar-refractivity contribution is -0.365. The van der Waals surface area contributed by atoms with Crippen molar-refractivity contribution in [2.45, 2.75) is 89.3 Å². The van der Waals surface area contributed by atoms with Gasteiger partial charge in [0, 0.05) is 24.2 Å². The van der Waals surface area contributed by atoms with Gasteiger partial charge in [-0.15, -0.1) is 0 Å². The minimum Gasteiger partial charge on any atom is -0.454 e. The van der Waals surface area contributed by atoms with Crippen molar-refractivity contribution in [3.8, 4) is 0 Å². The smallest absolute Gasteiger partial charge is 0.338 e. The van der Waals surface area contributed by atoms with E-state index in [1.165, 1.54) is 12.4 Å². The molecule has 1 aromatic heterocycles. The number of rotatable bonds is 5. The molecule has 3 saturated carbocycles. The van der Waals surface area contributed by atoms with E-state index >= 15 is 0 Å². The number of pyridine rings is 1. The lowest BCUT2D eigenvalue weighted by atomic mass is 9.43. The molecule has 39 heavy (non-hydrogen) atoms. The molecule has 4 aliphatic carbocycles. The van der Waals surface area contributed by atoms with E-state index in [9.17, 15) is 19.5 Å². The second-order valence-corrected chi connectivity index (χ2v) is 12.4. The molecule has 6 rings (SSSR count). The SMILES string of the molecule is CC=CC1O[C@]2(C(=O)COC(=O)c3ccncc3)CC[C@@]3(O1)[C@@H]1CCC4=CC(=O)CC[C@]4(C)[C@H]1[C@@H](O)C[C@]23C. The fourth-order valence-corrected chi connectivity index (χ4v) is 9.06. The Morgan fingerprint density at radius 3 is 2.67 bits per heavy atom. The molecule has 8 heteroatoms. The van der Waals surface area contributed by atoms with Gasteiger partial charge < -0.3 is 19.3 Å². The normalized spacial score (nSPS) is 42.8. The van der Waals surface area contributed by atoms with Gasteiger partial charge in [0.2, 0.25) is 5.78 Å². The lowest BCUT2D eigenvalue weighted by Gasteiger charge is -2.67. The van der Waals surface area contributed by atoms with E-state index in [0.29, 0.717) is 37.7 Å². The molecule has 5 aliphatic rings. The predicted octanol–water partition coefficient (Wildman–Crippen LogP) is 4.12. The first-order valence-corrected chi connectivity index (χ1v) is 14.1. The first-order valence-electron chi connectivity index (χ1n) is 14.1. The van der Waals surface area contributed by atoms with Gasteiger partial charge in [-0.3, -0.25) is 14.6 Å². The monoisotopic (exact) mass is 535 g/mol. The van der Waals surface area contributed by atoms with Crippen molar-refractivity contribution in [2.75, 3.05) is 6.61 Å². The Morgan fingerprint density at radius 2 is 1.92 bits per heavy atom. The van der Waals surface area contributed by atoms with Crippen molar-refractivity contribution in [1.82, 2.24) is 4.98 Å². The summed E-state index contributed by atoms with van der Waals surface area (Å²) in [6, 6.07) is 3.09. The summed E-state index contributed by atoms with van der Waals surface area (Å²) in [6.07, 6.45) is 11.2. The van der Waals surface area contributed by atoms with Gasteiger partial charge in [0.25, 0.3) is 0 Å². The number of Topliss-reactive ketones (excluding diaryl/α,β-unsaturated/α-hetero) is 1. The van der Waals surface area contributed by atoms with Gasteiger partial charge in [-0.05, 0) is 87.0 Å². The Labute approximate surface area is 228 Å². The summed E-state index contributed by atoms with van der Waals surface area (Å²) in [7, 11) is 0. The molecule has 0 aromatic carbocycles. The van der Waals surface area contributed by atoms with Crippen LogP contribution in [0.4, 0.5) is 0 Å². The van der Waals surface area contributed by atoms with E-state index in [1.807, 2.05) is 32.1 Å². The number of carbonyl (C=O) groups is 3. The summed E-state index contributed by atoms with van der Waals surface area (Å²) >= 11 is 0. The predicted molar refractivity (Wildman–Crippen MR) is 140 cm³/mol. The van der Waals surface area contributed by atoms with Crippen molar-refractivity contribution in [1.29, 1.82) is 0 Å². The molecule has 1 saturated heterocycles. The van der Waals surface area contributed by atoms with Crippen molar-refractivity contribution in [3.05, 3.63) is 53.9 Å². The van der Waals surface area contributed by atoms with Crippen LogP contribution in [-0.2, 0) is 23.8 Å². The maximum Gasteiger partial charge on any atom is 0.338 e. The van der Waals surface area contributed by atoms with Gasteiger partial charge in [0.05, 0.1) is 17.3 Å². The third-order valence-electron chi connectivity index (χ3n) is 10.9. The van der Waals surface area contributed by atoms with E-state index in [4.69, 9.17) is 14.2 Å². The van der Waals surface area contributed by atoms with Crippen LogP contribution in [0.5, 0.6) is 0 Å². The third kappa shape index (κ3) is 3.60. The van der Waals surface area contributed by atoms with Crippen molar-refractivity contribution in [3.63, 3.8) is 0 Å². The number of aliphatic hydroxyl groups is 1. The van der Waals surface area contributed by atoms with Gasteiger partial charge >= 0.3 is 5.97 Å². The highest BCUT2D eigenvalue weighted by molar-refractivity contribution is 5.95. The number of aromatic nitrogens is 1. The van der Waals surface area contributed by atoms with Crippen LogP contribution in [0.1, 0.15) is 76.1 Å². The average Bonchev–Trinajstić information content (AvgIpc) is 3.04. The molecule has 1 aromatic rings. The van der Waals surface area contributed by atoms with Gasteiger partial charge in [0.15, 0.2) is 18.7 Å². The van der Waals surface area contributed by atoms with Crippen LogP contribution in [0.15, 0.2) is 48.3 Å². The maximum absolute atomic E-state index is 14.1. The largest absolute Gasteiger partial charge is 0.454 e. The topological polar surface area (TPSA) is 112 Å². The quantitative estimate of drug-likeness (QED) is 0.443. The van der Waals surface area contributed by atoms with Crippen LogP contribution in [0.25, 0.3) is 0 Å². The van der Waals surface area contributed by atoms with Crippen LogP contribution in [0.3, 0.4) is 0 Å². The molecule has 4 fully saturated rings. The van der Waals surface area contributed by atoms with E-state index in [0.717, 1.165) is 18.4 Å². The molecule has 1 aliphatic heterocycles. The standard InChI is InChI=1S/C31H37NO7/c1-4-5-25-38-30-12-13-31(39-25,24(35)18-37-27(36)19-9-14-32-15-10-19)29(30,3)17-23(34)26-22(30)7-6-20-16-21(33)8-11-28(20,26)2/h4-5,9-10,14-16,22-23,25-26,34H,6-8,11-13,17-18H2,1-3H3/t22-,23+,25?,26-,28+,29+,30-,31+/m1/s1. The number of hydrogen-bond acceptors (Lipinski definition) is 8. The van der Waals surface area contributed by atoms with Crippen LogP contribution < -0.4 is 0 Å². The molecule has 8 nitrogen and oxygen atoms in total. The highest BCUT2D eigenvalue weighted by Gasteiger charge is 2.79. The molecule has 1 unspecified atom stereocenters. The number of aliphatic hydroxyl groups excluding tert-OH is 1. The van der Waals surface area contributed by atoms with E-state index in [2.05, 4.69) is 11.9 Å². The van der Waals surface area contributed by atoms with Crippen molar-refractivity contribution >= 4 is 17.5 Å². The van der Waals surface area contributed by atoms with Gasteiger partial charge in [-0.1, -0.05) is 25.5 Å². The number of allylic oxidation sites excluding steroid dienone is 2. The Bertz CT molecular complexity index is 1260. The zero-order chi connectivity index (χ0) is 27.6. The van der Waals surface area contributed by atoms with E-state index in [-0.39, 0.29) is 28.8 Å². The zero-order valence-electron chi connectivity index (χ0n) is 22.9.